The molecular formula is C49H30N2O3. The van der Waals surface area contributed by atoms with Crippen molar-refractivity contribution in [3.8, 4) is 33.7 Å². The first-order valence-electron chi connectivity index (χ1n) is 18.0. The van der Waals surface area contributed by atoms with Crippen LogP contribution in [-0.2, 0) is 0 Å². The van der Waals surface area contributed by atoms with Crippen molar-refractivity contribution in [1.29, 1.82) is 0 Å². The fraction of sp³-hybridized carbons (Fsp3) is 0. The second kappa shape index (κ2) is 12.1. The van der Waals surface area contributed by atoms with Gasteiger partial charge in [-0.15, -0.1) is 0 Å². The van der Waals surface area contributed by atoms with Crippen molar-refractivity contribution < 1.29 is 13.3 Å². The second-order valence-electron chi connectivity index (χ2n) is 13.5. The molecule has 0 aliphatic heterocycles. The van der Waals surface area contributed by atoms with Crippen LogP contribution in [0.15, 0.2) is 195 Å². The van der Waals surface area contributed by atoms with Crippen LogP contribution in [0.4, 0.5) is 17.1 Å². The molecule has 0 N–H and O–H groups in total. The van der Waals surface area contributed by atoms with E-state index in [1.165, 1.54) is 0 Å². The number of nitrogens with zero attached hydrogens (tertiary/aromatic N) is 2. The molecule has 0 amide bonds. The third-order valence-electron chi connectivity index (χ3n) is 10.3. The van der Waals surface area contributed by atoms with Crippen molar-refractivity contribution in [2.45, 2.75) is 0 Å². The van der Waals surface area contributed by atoms with Gasteiger partial charge in [-0.2, -0.15) is 0 Å². The average Bonchev–Trinajstić information content (AvgIpc) is 3.96. The van der Waals surface area contributed by atoms with Crippen molar-refractivity contribution in [2.75, 3.05) is 4.90 Å². The van der Waals surface area contributed by atoms with E-state index in [1.54, 1.807) is 0 Å². The third-order valence-corrected chi connectivity index (χ3v) is 10.3. The number of benzene rings is 8. The molecule has 0 aliphatic rings. The average molecular weight is 695 g/mol. The first kappa shape index (κ1) is 30.3. The van der Waals surface area contributed by atoms with E-state index in [-0.39, 0.29) is 0 Å². The van der Waals surface area contributed by atoms with Gasteiger partial charge in [0.25, 0.3) is 0 Å². The number of fused-ring (bicyclic) bond motifs is 8. The van der Waals surface area contributed by atoms with E-state index in [9.17, 15) is 0 Å². The standard InChI is InChI=1S/C49H30N2O3/c1-3-14-31(15-4-1)35-18-7-10-23-40(35)51(34-28-26-32(27-29-34)36-21-13-22-38-37-19-8-11-24-42(37)53-47(36)38)41-30-44-45(39-20-9-12-25-43(39)52-44)48-46(41)50-49(54-48)33-16-5-2-6-17-33/h1-30H. The van der Waals surface area contributed by atoms with Gasteiger partial charge in [-0.05, 0) is 53.6 Å². The van der Waals surface area contributed by atoms with Crippen molar-refractivity contribution in [1.82, 2.24) is 4.98 Å². The normalized spacial score (nSPS) is 11.7. The Hall–Kier alpha value is -7.37. The molecule has 0 radical (unpaired) electrons. The summed E-state index contributed by atoms with van der Waals surface area (Å²) in [5, 5.41) is 4.11. The number of rotatable bonds is 6. The summed E-state index contributed by atoms with van der Waals surface area (Å²) in [4.78, 5) is 7.53. The molecule has 5 heteroatoms. The van der Waals surface area contributed by atoms with Crippen LogP contribution < -0.4 is 4.90 Å². The lowest BCUT2D eigenvalue weighted by Gasteiger charge is -2.28. The largest absolute Gasteiger partial charge is 0.456 e. The first-order chi connectivity index (χ1) is 26.8. The Labute approximate surface area is 309 Å². The number of anilines is 3. The smallest absolute Gasteiger partial charge is 0.227 e. The van der Waals surface area contributed by atoms with Gasteiger partial charge >= 0.3 is 0 Å². The van der Waals surface area contributed by atoms with Gasteiger partial charge in [-0.1, -0.05) is 133 Å². The number of hydrogen-bond donors (Lipinski definition) is 0. The zero-order chi connectivity index (χ0) is 35.6. The summed E-state index contributed by atoms with van der Waals surface area (Å²) in [5.41, 5.74) is 12.7. The number of hydrogen-bond acceptors (Lipinski definition) is 5. The Bertz CT molecular complexity index is 3160. The predicted molar refractivity (Wildman–Crippen MR) is 220 cm³/mol. The Morgan fingerprint density at radius 2 is 1.00 bits per heavy atom. The lowest BCUT2D eigenvalue weighted by Crippen LogP contribution is -2.12. The zero-order valence-electron chi connectivity index (χ0n) is 28.9. The quantitative estimate of drug-likeness (QED) is 0.173. The minimum absolute atomic E-state index is 0.551. The molecule has 8 aromatic carbocycles. The fourth-order valence-corrected chi connectivity index (χ4v) is 7.83. The Morgan fingerprint density at radius 3 is 1.80 bits per heavy atom. The van der Waals surface area contributed by atoms with Crippen LogP contribution in [0.5, 0.6) is 0 Å². The third kappa shape index (κ3) is 4.76. The van der Waals surface area contributed by atoms with Crippen molar-refractivity contribution >= 4 is 72.0 Å². The highest BCUT2D eigenvalue weighted by Crippen LogP contribution is 2.48. The van der Waals surface area contributed by atoms with Crippen LogP contribution >= 0.6 is 0 Å². The van der Waals surface area contributed by atoms with Crippen LogP contribution in [0.1, 0.15) is 0 Å². The van der Waals surface area contributed by atoms with Crippen LogP contribution in [0.2, 0.25) is 0 Å². The monoisotopic (exact) mass is 694 g/mol. The van der Waals surface area contributed by atoms with Gasteiger partial charge in [0.05, 0.1) is 16.8 Å². The van der Waals surface area contributed by atoms with Gasteiger partial charge in [-0.25, -0.2) is 4.98 Å². The van der Waals surface area contributed by atoms with Gasteiger partial charge in [0.2, 0.25) is 5.89 Å². The molecule has 3 aromatic heterocycles. The molecule has 0 atom stereocenters. The molecule has 0 fully saturated rings. The van der Waals surface area contributed by atoms with Crippen LogP contribution in [-0.4, -0.2) is 4.98 Å². The molecule has 5 nitrogen and oxygen atoms in total. The van der Waals surface area contributed by atoms with Gasteiger partial charge in [0.1, 0.15) is 27.8 Å². The summed E-state index contributed by atoms with van der Waals surface area (Å²) in [6, 6.07) is 62.5. The van der Waals surface area contributed by atoms with E-state index in [4.69, 9.17) is 18.2 Å². The van der Waals surface area contributed by atoms with Gasteiger partial charge < -0.3 is 18.2 Å². The molecule has 0 spiro atoms. The highest BCUT2D eigenvalue weighted by atomic mass is 16.4. The van der Waals surface area contributed by atoms with Crippen molar-refractivity contribution in [3.05, 3.63) is 182 Å². The molecule has 54 heavy (non-hydrogen) atoms. The van der Waals surface area contributed by atoms with E-state index in [2.05, 4.69) is 120 Å². The van der Waals surface area contributed by atoms with E-state index in [0.717, 1.165) is 94.3 Å². The van der Waals surface area contributed by atoms with E-state index >= 15 is 0 Å². The lowest BCUT2D eigenvalue weighted by atomic mass is 10.00. The molecular weight excluding hydrogens is 665 g/mol. The number of aromatic nitrogens is 1. The molecule has 11 rings (SSSR count). The molecule has 0 bridgehead atoms. The number of furan rings is 2. The topological polar surface area (TPSA) is 55.6 Å². The minimum atomic E-state index is 0.551. The summed E-state index contributed by atoms with van der Waals surface area (Å²) < 4.78 is 19.7. The molecule has 0 saturated heterocycles. The van der Waals surface area contributed by atoms with Crippen LogP contribution in [0.3, 0.4) is 0 Å². The Kier molecular flexibility index (Phi) is 6.79. The maximum atomic E-state index is 6.75. The van der Waals surface area contributed by atoms with Crippen molar-refractivity contribution in [3.63, 3.8) is 0 Å². The predicted octanol–water partition coefficient (Wildman–Crippen LogP) is 14.1. The molecule has 0 aliphatic carbocycles. The molecule has 0 saturated carbocycles. The van der Waals surface area contributed by atoms with E-state index in [0.29, 0.717) is 11.5 Å². The van der Waals surface area contributed by atoms with Crippen LogP contribution in [0, 0.1) is 0 Å². The molecule has 254 valence electrons. The van der Waals surface area contributed by atoms with Crippen molar-refractivity contribution in [2.24, 2.45) is 0 Å². The fourth-order valence-electron chi connectivity index (χ4n) is 7.83. The number of oxazole rings is 1. The molecule has 3 heterocycles. The van der Waals surface area contributed by atoms with Gasteiger partial charge in [-0.3, -0.25) is 0 Å². The Morgan fingerprint density at radius 1 is 0.389 bits per heavy atom. The Balaban J connectivity index is 1.17. The second-order valence-corrected chi connectivity index (χ2v) is 13.5. The highest BCUT2D eigenvalue weighted by molar-refractivity contribution is 6.20. The molecule has 0 unspecified atom stereocenters. The summed E-state index contributed by atoms with van der Waals surface area (Å²) in [7, 11) is 0. The maximum Gasteiger partial charge on any atom is 0.227 e. The summed E-state index contributed by atoms with van der Waals surface area (Å²) in [6.07, 6.45) is 0. The summed E-state index contributed by atoms with van der Waals surface area (Å²) in [5.74, 6) is 0.551. The SMILES string of the molecule is c1ccc(-c2nc3c(N(c4ccc(-c5cccc6c5oc5ccccc56)cc4)c4ccccc4-c4ccccc4)cc4oc5ccccc5c4c3o2)cc1. The van der Waals surface area contributed by atoms with E-state index in [1.807, 2.05) is 66.7 Å². The van der Waals surface area contributed by atoms with Gasteiger partial charge in [0.15, 0.2) is 5.58 Å². The minimum Gasteiger partial charge on any atom is -0.456 e. The summed E-state index contributed by atoms with van der Waals surface area (Å²) in [6.45, 7) is 0. The van der Waals surface area contributed by atoms with E-state index < -0.39 is 0 Å². The zero-order valence-corrected chi connectivity index (χ0v) is 28.9. The number of para-hydroxylation sites is 4. The summed E-state index contributed by atoms with van der Waals surface area (Å²) >= 11 is 0. The first-order valence-corrected chi connectivity index (χ1v) is 18.0. The molecule has 11 aromatic rings. The van der Waals surface area contributed by atoms with Crippen LogP contribution in [0.25, 0.3) is 88.7 Å². The van der Waals surface area contributed by atoms with Gasteiger partial charge in [0, 0.05) is 44.6 Å². The highest BCUT2D eigenvalue weighted by Gasteiger charge is 2.26. The maximum absolute atomic E-state index is 6.75. The lowest BCUT2D eigenvalue weighted by molar-refractivity contribution is 0.622.